The standard InChI is InChI=1S/C32H41F3N4O6/c1-3-4-10-26(37-27(31(42)43)12-11-19-8-6-5-7-9-19)30(41)39-18-22(16-28(39)32(44)45)38(2)29(40)15-21(36)13-20-14-24(34)25(35)17-23(20)33/h5-9,14,17,21-22,26-28,37H,3-4,10-13,15-16,18,36H2,1-2H3,(H,42,43)(H,44,45)/t21-,22+,26+,27+,28+/m1/s1. The van der Waals surface area contributed by atoms with Gasteiger partial charge in [-0.1, -0.05) is 50.1 Å². The van der Waals surface area contributed by atoms with Crippen LogP contribution in [0.3, 0.4) is 0 Å². The van der Waals surface area contributed by atoms with Gasteiger partial charge < -0.3 is 25.7 Å². The normalized spacial score (nSPS) is 18.3. The van der Waals surface area contributed by atoms with E-state index in [1.165, 1.54) is 16.8 Å². The van der Waals surface area contributed by atoms with Gasteiger partial charge in [0.25, 0.3) is 0 Å². The van der Waals surface area contributed by atoms with Crippen molar-refractivity contribution in [3.8, 4) is 0 Å². The molecule has 1 saturated heterocycles. The van der Waals surface area contributed by atoms with E-state index in [4.69, 9.17) is 5.73 Å². The zero-order chi connectivity index (χ0) is 33.3. The average Bonchev–Trinajstić information content (AvgIpc) is 3.45. The fourth-order valence-corrected chi connectivity index (χ4v) is 5.58. The summed E-state index contributed by atoms with van der Waals surface area (Å²) in [6.45, 7) is 1.82. The fourth-order valence-electron chi connectivity index (χ4n) is 5.58. The molecule has 0 radical (unpaired) electrons. The van der Waals surface area contributed by atoms with E-state index >= 15 is 0 Å². The van der Waals surface area contributed by atoms with Gasteiger partial charge in [0, 0.05) is 38.5 Å². The van der Waals surface area contributed by atoms with Crippen LogP contribution in [0.1, 0.15) is 56.6 Å². The molecule has 0 saturated carbocycles. The Balaban J connectivity index is 1.69. The third-order valence-electron chi connectivity index (χ3n) is 8.21. The molecule has 0 unspecified atom stereocenters. The number of nitrogens with two attached hydrogens (primary N) is 1. The molecule has 0 bridgehead atoms. The molecule has 2 aromatic carbocycles. The van der Waals surface area contributed by atoms with Crippen LogP contribution in [0, 0.1) is 17.5 Å². The van der Waals surface area contributed by atoms with E-state index in [-0.39, 0.29) is 37.8 Å². The Hall–Kier alpha value is -3.97. The van der Waals surface area contributed by atoms with Crippen molar-refractivity contribution in [3.63, 3.8) is 0 Å². The first kappa shape index (κ1) is 35.5. The molecule has 1 aliphatic rings. The maximum Gasteiger partial charge on any atom is 0.326 e. The topological polar surface area (TPSA) is 153 Å². The summed E-state index contributed by atoms with van der Waals surface area (Å²) in [5.41, 5.74) is 6.78. The lowest BCUT2D eigenvalue weighted by molar-refractivity contribution is -0.149. The van der Waals surface area contributed by atoms with E-state index in [1.54, 1.807) is 0 Å². The molecule has 5 N–H and O–H groups in total. The van der Waals surface area contributed by atoms with Crippen LogP contribution in [-0.4, -0.2) is 87.6 Å². The molecule has 1 aliphatic heterocycles. The van der Waals surface area contributed by atoms with Gasteiger partial charge in [-0.2, -0.15) is 0 Å². The van der Waals surface area contributed by atoms with Crippen molar-refractivity contribution in [2.24, 2.45) is 5.73 Å². The number of aryl methyl sites for hydroxylation is 1. The van der Waals surface area contributed by atoms with Crippen LogP contribution >= 0.6 is 0 Å². The van der Waals surface area contributed by atoms with Gasteiger partial charge in [0.2, 0.25) is 11.8 Å². The minimum atomic E-state index is -1.34. The first-order chi connectivity index (χ1) is 21.3. The monoisotopic (exact) mass is 634 g/mol. The van der Waals surface area contributed by atoms with Crippen LogP contribution in [0.25, 0.3) is 0 Å². The third-order valence-corrected chi connectivity index (χ3v) is 8.21. The van der Waals surface area contributed by atoms with Crippen molar-refractivity contribution < 1.29 is 42.6 Å². The van der Waals surface area contributed by atoms with Crippen molar-refractivity contribution in [2.75, 3.05) is 13.6 Å². The van der Waals surface area contributed by atoms with Crippen molar-refractivity contribution in [1.82, 2.24) is 15.1 Å². The molecule has 45 heavy (non-hydrogen) atoms. The molecule has 10 nitrogen and oxygen atoms in total. The van der Waals surface area contributed by atoms with Gasteiger partial charge in [-0.3, -0.25) is 19.7 Å². The number of carbonyl (C=O) groups excluding carboxylic acids is 2. The van der Waals surface area contributed by atoms with E-state index in [9.17, 15) is 42.6 Å². The highest BCUT2D eigenvalue weighted by molar-refractivity contribution is 5.88. The second kappa shape index (κ2) is 16.4. The summed E-state index contributed by atoms with van der Waals surface area (Å²) >= 11 is 0. The van der Waals surface area contributed by atoms with E-state index in [1.807, 2.05) is 37.3 Å². The summed E-state index contributed by atoms with van der Waals surface area (Å²) in [6.07, 6.45) is 1.69. The maximum atomic E-state index is 14.1. The molecule has 1 fully saturated rings. The van der Waals surface area contributed by atoms with Gasteiger partial charge in [0.1, 0.15) is 17.9 Å². The van der Waals surface area contributed by atoms with Crippen LogP contribution in [-0.2, 0) is 32.0 Å². The number of amides is 2. The number of aliphatic carboxylic acids is 2. The summed E-state index contributed by atoms with van der Waals surface area (Å²) in [7, 11) is 1.45. The zero-order valence-electron chi connectivity index (χ0n) is 25.4. The second-order valence-electron chi connectivity index (χ2n) is 11.5. The van der Waals surface area contributed by atoms with Crippen molar-refractivity contribution in [3.05, 3.63) is 71.0 Å². The summed E-state index contributed by atoms with van der Waals surface area (Å²) in [6, 6.07) is 5.53. The molecule has 1 heterocycles. The van der Waals surface area contributed by atoms with Crippen LogP contribution in [0.4, 0.5) is 13.2 Å². The smallest absolute Gasteiger partial charge is 0.326 e. The summed E-state index contributed by atoms with van der Waals surface area (Å²) in [4.78, 5) is 53.7. The number of halogens is 3. The summed E-state index contributed by atoms with van der Waals surface area (Å²) in [5.74, 6) is -7.01. The van der Waals surface area contributed by atoms with Gasteiger partial charge in [0.15, 0.2) is 11.6 Å². The van der Waals surface area contributed by atoms with E-state index in [0.29, 0.717) is 31.4 Å². The Morgan fingerprint density at radius 3 is 2.31 bits per heavy atom. The Bertz CT molecular complexity index is 1350. The van der Waals surface area contributed by atoms with Crippen molar-refractivity contribution in [2.45, 2.75) is 88.5 Å². The first-order valence-corrected chi connectivity index (χ1v) is 15.0. The van der Waals surface area contributed by atoms with E-state index in [2.05, 4.69) is 5.32 Å². The number of nitrogens with one attached hydrogen (secondary N) is 1. The van der Waals surface area contributed by atoms with Crippen LogP contribution in [0.5, 0.6) is 0 Å². The predicted octanol–water partition coefficient (Wildman–Crippen LogP) is 3.11. The van der Waals surface area contributed by atoms with Gasteiger partial charge in [-0.25, -0.2) is 18.0 Å². The summed E-state index contributed by atoms with van der Waals surface area (Å²) in [5, 5.41) is 22.8. The number of likely N-dealkylation sites (tertiary alicyclic amines) is 1. The van der Waals surface area contributed by atoms with Crippen LogP contribution < -0.4 is 11.1 Å². The highest BCUT2D eigenvalue weighted by atomic mass is 19.2. The molecule has 0 aliphatic carbocycles. The molecular formula is C32H41F3N4O6. The Morgan fingerprint density at radius 2 is 1.69 bits per heavy atom. The fraction of sp³-hybridized carbons (Fsp3) is 0.500. The SMILES string of the molecule is CCCC[C@H](N[C@@H](CCc1ccccc1)C(=O)O)C(=O)N1C[C@@H](N(C)C(=O)C[C@H](N)Cc2cc(F)c(F)cc2F)C[C@H]1C(=O)O. The molecule has 13 heteroatoms. The summed E-state index contributed by atoms with van der Waals surface area (Å²) < 4.78 is 40.9. The van der Waals surface area contributed by atoms with Gasteiger partial charge in [-0.15, -0.1) is 0 Å². The molecule has 5 atom stereocenters. The molecular weight excluding hydrogens is 593 g/mol. The lowest BCUT2D eigenvalue weighted by Gasteiger charge is -2.30. The number of carboxylic acids is 2. The minimum absolute atomic E-state index is 0.0623. The lowest BCUT2D eigenvalue weighted by Crippen LogP contribution is -2.54. The van der Waals surface area contributed by atoms with E-state index < -0.39 is 71.4 Å². The minimum Gasteiger partial charge on any atom is -0.480 e. The number of likely N-dealkylation sites (N-methyl/N-ethyl adjacent to an activating group) is 1. The number of benzene rings is 2. The average molecular weight is 635 g/mol. The van der Waals surface area contributed by atoms with E-state index in [0.717, 1.165) is 12.0 Å². The quantitative estimate of drug-likeness (QED) is 0.206. The highest BCUT2D eigenvalue weighted by Crippen LogP contribution is 2.25. The number of carbonyl (C=O) groups is 4. The largest absolute Gasteiger partial charge is 0.480 e. The maximum absolute atomic E-state index is 14.1. The van der Waals surface area contributed by atoms with Crippen LogP contribution in [0.15, 0.2) is 42.5 Å². The number of nitrogens with zero attached hydrogens (tertiary/aromatic N) is 2. The van der Waals surface area contributed by atoms with Gasteiger partial charge in [-0.05, 0) is 42.9 Å². The molecule has 2 aromatic rings. The predicted molar refractivity (Wildman–Crippen MR) is 160 cm³/mol. The number of carboxylic acid groups (broad SMARTS) is 2. The number of hydrogen-bond donors (Lipinski definition) is 4. The number of hydrogen-bond acceptors (Lipinski definition) is 6. The number of unbranched alkanes of at least 4 members (excludes halogenated alkanes) is 1. The molecule has 246 valence electrons. The molecule has 0 spiro atoms. The third kappa shape index (κ3) is 9.76. The van der Waals surface area contributed by atoms with Crippen LogP contribution in [0.2, 0.25) is 0 Å². The van der Waals surface area contributed by atoms with Gasteiger partial charge >= 0.3 is 11.9 Å². The molecule has 3 rings (SSSR count). The molecule has 0 aromatic heterocycles. The highest BCUT2D eigenvalue weighted by Gasteiger charge is 2.44. The zero-order valence-corrected chi connectivity index (χ0v) is 25.4. The second-order valence-corrected chi connectivity index (χ2v) is 11.5. The van der Waals surface area contributed by atoms with Crippen molar-refractivity contribution in [1.29, 1.82) is 0 Å². The Morgan fingerprint density at radius 1 is 1.02 bits per heavy atom. The Labute approximate surface area is 260 Å². The first-order valence-electron chi connectivity index (χ1n) is 15.0. The number of rotatable bonds is 16. The van der Waals surface area contributed by atoms with Crippen molar-refractivity contribution >= 4 is 23.8 Å². The van der Waals surface area contributed by atoms with Gasteiger partial charge in [0.05, 0.1) is 12.1 Å². The molecule has 2 amide bonds. The Kier molecular flexibility index (Phi) is 12.9. The lowest BCUT2D eigenvalue weighted by atomic mass is 10.0.